The van der Waals surface area contributed by atoms with E-state index in [1.165, 1.54) is 12.1 Å². The Morgan fingerprint density at radius 1 is 1.24 bits per heavy atom. The summed E-state index contributed by atoms with van der Waals surface area (Å²) in [7, 11) is 1.78. The maximum atomic E-state index is 13.2. The topological polar surface area (TPSA) is 59.8 Å². The minimum atomic E-state index is -0.306. The summed E-state index contributed by atoms with van der Waals surface area (Å²) in [5, 5.41) is 7.88. The number of carbonyl (C=O) groups is 1. The summed E-state index contributed by atoms with van der Waals surface area (Å²) in [6.45, 7) is 2.77. The molecule has 5 nitrogen and oxygen atoms in total. The molecule has 0 atom stereocenters. The molecular weight excluding hydrogens is 319 g/mol. The fourth-order valence-electron chi connectivity index (χ4n) is 2.74. The number of hydrogen-bond donors (Lipinski definition) is 1. The maximum Gasteiger partial charge on any atom is 0.252 e. The van der Waals surface area contributed by atoms with Crippen molar-refractivity contribution in [1.29, 1.82) is 0 Å². The van der Waals surface area contributed by atoms with E-state index in [0.717, 1.165) is 24.8 Å². The second-order valence-electron chi connectivity index (χ2n) is 6.03. The lowest BCUT2D eigenvalue weighted by atomic mass is 10.1. The van der Waals surface area contributed by atoms with Crippen molar-refractivity contribution in [1.82, 2.24) is 20.1 Å². The number of aryl methyl sites for hydroxylation is 1. The molecule has 0 saturated carbocycles. The molecule has 0 unspecified atom stereocenters. The van der Waals surface area contributed by atoms with E-state index in [1.807, 2.05) is 0 Å². The molecule has 1 N–H and O–H groups in total. The Balaban J connectivity index is 1.98. The van der Waals surface area contributed by atoms with Crippen LogP contribution in [0, 0.1) is 5.82 Å². The van der Waals surface area contributed by atoms with Gasteiger partial charge in [0.1, 0.15) is 5.82 Å². The predicted molar refractivity (Wildman–Crippen MR) is 95.8 cm³/mol. The van der Waals surface area contributed by atoms with Gasteiger partial charge in [-0.2, -0.15) is 5.10 Å². The number of aromatic nitrogens is 3. The summed E-state index contributed by atoms with van der Waals surface area (Å²) in [5.74, 6) is -0.445. The molecule has 2 aromatic heterocycles. The summed E-state index contributed by atoms with van der Waals surface area (Å²) in [4.78, 5) is 17.2. The lowest BCUT2D eigenvalue weighted by molar-refractivity contribution is 0.0954. The number of hydrogen-bond acceptors (Lipinski definition) is 3. The third-order valence-corrected chi connectivity index (χ3v) is 4.16. The molecule has 2 heterocycles. The molecule has 3 aromatic rings. The van der Waals surface area contributed by atoms with Gasteiger partial charge < -0.3 is 5.32 Å². The van der Waals surface area contributed by atoms with Crippen molar-refractivity contribution >= 4 is 16.9 Å². The van der Waals surface area contributed by atoms with Crippen LogP contribution < -0.4 is 5.32 Å². The Kier molecular flexibility index (Phi) is 5.07. The molecule has 130 valence electrons. The highest BCUT2D eigenvalue weighted by Gasteiger charge is 2.16. The first-order valence-electron chi connectivity index (χ1n) is 8.47. The number of rotatable bonds is 6. The van der Waals surface area contributed by atoms with E-state index in [0.29, 0.717) is 28.8 Å². The molecule has 0 radical (unpaired) electrons. The number of unbranched alkanes of at least 4 members (excludes halogenated alkanes) is 2. The largest absolute Gasteiger partial charge is 0.352 e. The van der Waals surface area contributed by atoms with Crippen molar-refractivity contribution in [2.75, 3.05) is 6.54 Å². The van der Waals surface area contributed by atoms with Crippen LogP contribution in [0.4, 0.5) is 4.39 Å². The number of pyridine rings is 1. The standard InChI is InChI=1S/C19H21FN4O/c1-3-4-5-10-21-19(25)15-11-17(13-6-8-14(20)9-7-13)23-18-16(15)12-22-24(18)2/h6-9,11-12H,3-5,10H2,1-2H3,(H,21,25). The second kappa shape index (κ2) is 7.42. The van der Waals surface area contributed by atoms with Gasteiger partial charge in [0.25, 0.3) is 5.91 Å². The monoisotopic (exact) mass is 340 g/mol. The van der Waals surface area contributed by atoms with Crippen LogP contribution in [0.3, 0.4) is 0 Å². The Hall–Kier alpha value is -2.76. The number of amides is 1. The van der Waals surface area contributed by atoms with Crippen molar-refractivity contribution in [3.63, 3.8) is 0 Å². The Bertz CT molecular complexity index is 886. The van der Waals surface area contributed by atoms with Gasteiger partial charge in [0.2, 0.25) is 0 Å². The first-order chi connectivity index (χ1) is 12.1. The third kappa shape index (κ3) is 3.68. The van der Waals surface area contributed by atoms with Gasteiger partial charge >= 0.3 is 0 Å². The molecule has 25 heavy (non-hydrogen) atoms. The van der Waals surface area contributed by atoms with E-state index >= 15 is 0 Å². The van der Waals surface area contributed by atoms with Gasteiger partial charge in [-0.25, -0.2) is 9.37 Å². The van der Waals surface area contributed by atoms with Gasteiger partial charge in [-0.1, -0.05) is 19.8 Å². The van der Waals surface area contributed by atoms with Crippen molar-refractivity contribution < 1.29 is 9.18 Å². The van der Waals surface area contributed by atoms with Gasteiger partial charge in [-0.05, 0) is 36.8 Å². The van der Waals surface area contributed by atoms with Crippen LogP contribution in [0.2, 0.25) is 0 Å². The first-order valence-corrected chi connectivity index (χ1v) is 8.47. The molecule has 0 saturated heterocycles. The van der Waals surface area contributed by atoms with E-state index in [4.69, 9.17) is 0 Å². The zero-order valence-corrected chi connectivity index (χ0v) is 14.4. The van der Waals surface area contributed by atoms with Crippen LogP contribution in [0.25, 0.3) is 22.3 Å². The highest BCUT2D eigenvalue weighted by atomic mass is 19.1. The molecule has 6 heteroatoms. The van der Waals surface area contributed by atoms with E-state index in [1.54, 1.807) is 36.1 Å². The average molecular weight is 340 g/mol. The SMILES string of the molecule is CCCCCNC(=O)c1cc(-c2ccc(F)cc2)nc2c1cnn2C. The smallest absolute Gasteiger partial charge is 0.252 e. The third-order valence-electron chi connectivity index (χ3n) is 4.16. The molecule has 1 aromatic carbocycles. The van der Waals surface area contributed by atoms with Crippen LogP contribution in [0.1, 0.15) is 36.5 Å². The molecule has 0 spiro atoms. The summed E-state index contributed by atoms with van der Waals surface area (Å²) in [5.41, 5.74) is 2.54. The number of fused-ring (bicyclic) bond motifs is 1. The van der Waals surface area contributed by atoms with Gasteiger partial charge in [-0.15, -0.1) is 0 Å². The zero-order valence-electron chi connectivity index (χ0n) is 14.4. The van der Waals surface area contributed by atoms with Crippen LogP contribution >= 0.6 is 0 Å². The summed E-state index contributed by atoms with van der Waals surface area (Å²) < 4.78 is 14.8. The van der Waals surface area contributed by atoms with Gasteiger partial charge in [-0.3, -0.25) is 9.48 Å². The van der Waals surface area contributed by atoms with E-state index in [9.17, 15) is 9.18 Å². The Morgan fingerprint density at radius 3 is 2.72 bits per heavy atom. The summed E-state index contributed by atoms with van der Waals surface area (Å²) >= 11 is 0. The van der Waals surface area contributed by atoms with Gasteiger partial charge in [0, 0.05) is 19.2 Å². The summed E-state index contributed by atoms with van der Waals surface area (Å²) in [6.07, 6.45) is 4.79. The number of benzene rings is 1. The van der Waals surface area contributed by atoms with E-state index < -0.39 is 0 Å². The molecule has 0 fully saturated rings. The summed E-state index contributed by atoms with van der Waals surface area (Å²) in [6, 6.07) is 7.82. The molecule has 0 aliphatic carbocycles. The second-order valence-corrected chi connectivity index (χ2v) is 6.03. The van der Waals surface area contributed by atoms with Crippen LogP contribution in [-0.2, 0) is 7.05 Å². The lowest BCUT2D eigenvalue weighted by Crippen LogP contribution is -2.24. The van der Waals surface area contributed by atoms with Crippen LogP contribution in [-0.4, -0.2) is 27.2 Å². The van der Waals surface area contributed by atoms with Crippen molar-refractivity contribution in [3.8, 4) is 11.3 Å². The predicted octanol–water partition coefficient (Wildman–Crippen LogP) is 3.69. The molecule has 3 rings (SSSR count). The van der Waals surface area contributed by atoms with Crippen molar-refractivity contribution in [3.05, 3.63) is 47.9 Å². The first kappa shape index (κ1) is 17.1. The molecule has 0 bridgehead atoms. The molecular formula is C19H21FN4O. The molecule has 0 aliphatic heterocycles. The Morgan fingerprint density at radius 2 is 2.00 bits per heavy atom. The minimum Gasteiger partial charge on any atom is -0.352 e. The van der Waals surface area contributed by atoms with Gasteiger partial charge in [0.05, 0.1) is 22.8 Å². The van der Waals surface area contributed by atoms with Crippen molar-refractivity contribution in [2.24, 2.45) is 7.05 Å². The maximum absolute atomic E-state index is 13.2. The van der Waals surface area contributed by atoms with E-state index in [-0.39, 0.29) is 11.7 Å². The number of carbonyl (C=O) groups excluding carboxylic acids is 1. The van der Waals surface area contributed by atoms with Crippen LogP contribution in [0.5, 0.6) is 0 Å². The molecule has 1 amide bonds. The highest BCUT2D eigenvalue weighted by molar-refractivity contribution is 6.06. The fraction of sp³-hybridized carbons (Fsp3) is 0.316. The minimum absolute atomic E-state index is 0.139. The normalized spacial score (nSPS) is 11.0. The fourth-order valence-corrected chi connectivity index (χ4v) is 2.74. The number of halogens is 1. The van der Waals surface area contributed by atoms with Crippen LogP contribution in [0.15, 0.2) is 36.5 Å². The van der Waals surface area contributed by atoms with Gasteiger partial charge in [0.15, 0.2) is 5.65 Å². The number of nitrogens with zero attached hydrogens (tertiary/aromatic N) is 3. The van der Waals surface area contributed by atoms with E-state index in [2.05, 4.69) is 22.3 Å². The average Bonchev–Trinajstić information content (AvgIpc) is 2.99. The highest BCUT2D eigenvalue weighted by Crippen LogP contribution is 2.24. The number of nitrogens with one attached hydrogen (secondary N) is 1. The molecule has 0 aliphatic rings. The lowest BCUT2D eigenvalue weighted by Gasteiger charge is -2.09. The quantitative estimate of drug-likeness (QED) is 0.696. The Labute approximate surface area is 145 Å². The van der Waals surface area contributed by atoms with Crippen molar-refractivity contribution in [2.45, 2.75) is 26.2 Å². The zero-order chi connectivity index (χ0) is 17.8.